The second-order valence-corrected chi connectivity index (χ2v) is 8.99. The van der Waals surface area contributed by atoms with Gasteiger partial charge in [-0.2, -0.15) is 0 Å². The summed E-state index contributed by atoms with van der Waals surface area (Å²) >= 11 is 0. The van der Waals surface area contributed by atoms with Gasteiger partial charge in [-0.05, 0) is 50.1 Å². The molecule has 27 heavy (non-hydrogen) atoms. The first-order chi connectivity index (χ1) is 12.8. The highest BCUT2D eigenvalue weighted by atomic mass is 32.2. The summed E-state index contributed by atoms with van der Waals surface area (Å²) < 4.78 is 34.1. The topological polar surface area (TPSA) is 66.9 Å². The molecule has 0 aromatic heterocycles. The van der Waals surface area contributed by atoms with E-state index < -0.39 is 10.0 Å². The SMILES string of the molecule is CC(=O)N1CC(C)Oc2ccc(S(=O)(=O)N3c4ccccc4CC3C)cc21. The molecule has 142 valence electrons. The molecule has 2 heterocycles. The number of ether oxygens (including phenoxy) is 1. The van der Waals surface area contributed by atoms with Crippen LogP contribution in [0.15, 0.2) is 47.4 Å². The lowest BCUT2D eigenvalue weighted by molar-refractivity contribution is -0.117. The van der Waals surface area contributed by atoms with Gasteiger partial charge in [0, 0.05) is 13.0 Å². The Hall–Kier alpha value is -2.54. The van der Waals surface area contributed by atoms with Gasteiger partial charge in [0.05, 0.1) is 22.8 Å². The van der Waals surface area contributed by atoms with E-state index in [0.717, 1.165) is 11.3 Å². The summed E-state index contributed by atoms with van der Waals surface area (Å²) in [5.41, 5.74) is 2.24. The maximum Gasteiger partial charge on any atom is 0.264 e. The number of nitrogens with zero attached hydrogens (tertiary/aromatic N) is 2. The van der Waals surface area contributed by atoms with Gasteiger partial charge in [0.2, 0.25) is 5.91 Å². The summed E-state index contributed by atoms with van der Waals surface area (Å²) in [5.74, 6) is 0.388. The van der Waals surface area contributed by atoms with Crippen molar-refractivity contribution in [2.45, 2.75) is 44.2 Å². The third kappa shape index (κ3) is 2.86. The first-order valence-corrected chi connectivity index (χ1v) is 10.4. The van der Waals surface area contributed by atoms with Gasteiger partial charge in [0.15, 0.2) is 0 Å². The Bertz CT molecular complexity index is 1020. The van der Waals surface area contributed by atoms with Crippen LogP contribution in [0.5, 0.6) is 5.75 Å². The van der Waals surface area contributed by atoms with Crippen molar-refractivity contribution in [1.82, 2.24) is 0 Å². The molecule has 1 amide bonds. The fourth-order valence-corrected chi connectivity index (χ4v) is 5.61. The third-order valence-corrected chi connectivity index (χ3v) is 6.99. The lowest BCUT2D eigenvalue weighted by Crippen LogP contribution is -2.41. The lowest BCUT2D eigenvalue weighted by atomic mass is 10.1. The van der Waals surface area contributed by atoms with Crippen LogP contribution in [0, 0.1) is 0 Å². The van der Waals surface area contributed by atoms with Crippen molar-refractivity contribution in [3.63, 3.8) is 0 Å². The van der Waals surface area contributed by atoms with Crippen molar-refractivity contribution in [2.24, 2.45) is 0 Å². The highest BCUT2D eigenvalue weighted by Crippen LogP contribution is 2.40. The highest BCUT2D eigenvalue weighted by Gasteiger charge is 2.37. The molecule has 2 unspecified atom stereocenters. The van der Waals surface area contributed by atoms with E-state index in [1.165, 1.54) is 11.2 Å². The normalized spacial score (nSPS) is 21.4. The third-order valence-electron chi connectivity index (χ3n) is 5.07. The first-order valence-electron chi connectivity index (χ1n) is 9.00. The summed E-state index contributed by atoms with van der Waals surface area (Å²) in [6.07, 6.45) is 0.537. The predicted octanol–water partition coefficient (Wildman–Crippen LogP) is 2.96. The minimum absolute atomic E-state index is 0.138. The largest absolute Gasteiger partial charge is 0.487 e. The maximum atomic E-state index is 13.4. The summed E-state index contributed by atoms with van der Waals surface area (Å²) in [6.45, 7) is 5.66. The molecule has 2 aliphatic rings. The molecule has 6 nitrogen and oxygen atoms in total. The minimum Gasteiger partial charge on any atom is -0.487 e. The van der Waals surface area contributed by atoms with E-state index in [1.807, 2.05) is 38.1 Å². The zero-order chi connectivity index (χ0) is 19.3. The van der Waals surface area contributed by atoms with E-state index in [0.29, 0.717) is 24.4 Å². The van der Waals surface area contributed by atoms with Crippen LogP contribution >= 0.6 is 0 Å². The number of rotatable bonds is 2. The number of amides is 1. The summed E-state index contributed by atoms with van der Waals surface area (Å²) in [6, 6.07) is 12.1. The molecule has 0 saturated heterocycles. The molecule has 2 aliphatic heterocycles. The zero-order valence-electron chi connectivity index (χ0n) is 15.5. The van der Waals surface area contributed by atoms with E-state index in [2.05, 4.69) is 0 Å². The Morgan fingerprint density at radius 2 is 1.85 bits per heavy atom. The number of fused-ring (bicyclic) bond motifs is 2. The molecule has 4 rings (SSSR count). The van der Waals surface area contributed by atoms with Gasteiger partial charge in [-0.1, -0.05) is 18.2 Å². The maximum absolute atomic E-state index is 13.4. The number of hydrogen-bond acceptors (Lipinski definition) is 4. The monoisotopic (exact) mass is 386 g/mol. The van der Waals surface area contributed by atoms with Crippen LogP contribution in [0.25, 0.3) is 0 Å². The number of anilines is 2. The molecular formula is C20H22N2O4S. The predicted molar refractivity (Wildman–Crippen MR) is 104 cm³/mol. The van der Waals surface area contributed by atoms with Crippen molar-refractivity contribution in [2.75, 3.05) is 15.7 Å². The van der Waals surface area contributed by atoms with Crippen molar-refractivity contribution in [1.29, 1.82) is 0 Å². The molecule has 0 radical (unpaired) electrons. The Kier molecular flexibility index (Phi) is 4.14. The molecule has 0 bridgehead atoms. The van der Waals surface area contributed by atoms with Gasteiger partial charge < -0.3 is 9.64 Å². The molecule has 0 aliphatic carbocycles. The van der Waals surface area contributed by atoms with E-state index in [4.69, 9.17) is 4.74 Å². The fourth-order valence-electron chi connectivity index (χ4n) is 3.89. The molecular weight excluding hydrogens is 364 g/mol. The lowest BCUT2D eigenvalue weighted by Gasteiger charge is -2.33. The van der Waals surface area contributed by atoms with E-state index in [-0.39, 0.29) is 22.9 Å². The molecule has 0 spiro atoms. The smallest absolute Gasteiger partial charge is 0.264 e. The molecule has 2 aromatic rings. The first kappa shape index (κ1) is 17.9. The van der Waals surface area contributed by atoms with Crippen molar-refractivity contribution in [3.8, 4) is 5.75 Å². The van der Waals surface area contributed by atoms with Crippen LogP contribution in [-0.4, -0.2) is 33.0 Å². The van der Waals surface area contributed by atoms with Crippen LogP contribution in [0.1, 0.15) is 26.3 Å². The summed E-state index contributed by atoms with van der Waals surface area (Å²) in [4.78, 5) is 13.8. The number of benzene rings is 2. The van der Waals surface area contributed by atoms with E-state index in [9.17, 15) is 13.2 Å². The summed E-state index contributed by atoms with van der Waals surface area (Å²) in [5, 5.41) is 0. The number of carbonyl (C=O) groups excluding carboxylic acids is 1. The van der Waals surface area contributed by atoms with Gasteiger partial charge in [0.25, 0.3) is 10.0 Å². The van der Waals surface area contributed by atoms with Crippen molar-refractivity contribution in [3.05, 3.63) is 48.0 Å². The second-order valence-electron chi connectivity index (χ2n) is 7.17. The van der Waals surface area contributed by atoms with Gasteiger partial charge >= 0.3 is 0 Å². The van der Waals surface area contributed by atoms with E-state index in [1.54, 1.807) is 23.1 Å². The van der Waals surface area contributed by atoms with Gasteiger partial charge in [-0.3, -0.25) is 9.10 Å². The molecule has 2 aromatic carbocycles. The number of carbonyl (C=O) groups is 1. The van der Waals surface area contributed by atoms with Gasteiger partial charge in [-0.25, -0.2) is 8.42 Å². The van der Waals surface area contributed by atoms with E-state index >= 15 is 0 Å². The number of hydrogen-bond donors (Lipinski definition) is 0. The quantitative estimate of drug-likeness (QED) is 0.796. The molecule has 0 saturated carbocycles. The zero-order valence-corrected chi connectivity index (χ0v) is 16.4. The average Bonchev–Trinajstić information content (AvgIpc) is 2.96. The summed E-state index contributed by atoms with van der Waals surface area (Å²) in [7, 11) is -3.76. The average molecular weight is 386 g/mol. The van der Waals surface area contributed by atoms with Crippen LogP contribution in [0.2, 0.25) is 0 Å². The van der Waals surface area contributed by atoms with Gasteiger partial charge in [-0.15, -0.1) is 0 Å². The minimum atomic E-state index is -3.76. The standard InChI is InChI=1S/C20H22N2O4S/c1-13-10-16-6-4-5-7-18(16)22(13)27(24,25)17-8-9-20-19(11-17)21(15(3)23)12-14(2)26-20/h4-9,11,13-14H,10,12H2,1-3H3. The fraction of sp³-hybridized carbons (Fsp3) is 0.350. The van der Waals surface area contributed by atoms with Crippen LogP contribution in [0.4, 0.5) is 11.4 Å². The molecule has 7 heteroatoms. The number of sulfonamides is 1. The van der Waals surface area contributed by atoms with Crippen molar-refractivity contribution >= 4 is 27.3 Å². The van der Waals surface area contributed by atoms with Gasteiger partial charge in [0.1, 0.15) is 11.9 Å². The Morgan fingerprint density at radius 3 is 2.59 bits per heavy atom. The Balaban J connectivity index is 1.80. The second kappa shape index (κ2) is 6.27. The number of para-hydroxylation sites is 1. The van der Waals surface area contributed by atoms with Crippen LogP contribution < -0.4 is 13.9 Å². The Labute approximate surface area is 159 Å². The highest BCUT2D eigenvalue weighted by molar-refractivity contribution is 7.92. The Morgan fingerprint density at radius 1 is 1.11 bits per heavy atom. The van der Waals surface area contributed by atoms with Crippen molar-refractivity contribution < 1.29 is 17.9 Å². The molecule has 2 atom stereocenters. The molecule has 0 fully saturated rings. The van der Waals surface area contributed by atoms with Crippen LogP contribution in [0.3, 0.4) is 0 Å². The molecule has 0 N–H and O–H groups in total. The van der Waals surface area contributed by atoms with Crippen LogP contribution in [-0.2, 0) is 21.2 Å².